The Kier molecular flexibility index (Phi) is 7.13. The van der Waals surface area contributed by atoms with Gasteiger partial charge in [0.25, 0.3) is 0 Å². The van der Waals surface area contributed by atoms with Crippen LogP contribution in [0, 0.1) is 0 Å². The third-order valence-corrected chi connectivity index (χ3v) is 7.15. The number of oxazole rings is 1. The number of nitrogens with one attached hydrogen (secondary N) is 1. The zero-order valence-electron chi connectivity index (χ0n) is 16.9. The molecule has 0 atom stereocenters. The fourth-order valence-corrected chi connectivity index (χ4v) is 5.11. The molecule has 2 heterocycles. The van der Waals surface area contributed by atoms with Gasteiger partial charge in [0.2, 0.25) is 15.9 Å². The van der Waals surface area contributed by atoms with Crippen LogP contribution in [0.25, 0.3) is 11.1 Å². The zero-order chi connectivity index (χ0) is 20.9. The van der Waals surface area contributed by atoms with Gasteiger partial charge in [-0.1, -0.05) is 26.2 Å². The van der Waals surface area contributed by atoms with E-state index < -0.39 is 15.8 Å². The van der Waals surface area contributed by atoms with E-state index in [0.29, 0.717) is 25.2 Å². The minimum absolute atomic E-state index is 0.115. The number of benzene rings is 1. The molecule has 8 nitrogen and oxygen atoms in total. The van der Waals surface area contributed by atoms with Crippen LogP contribution < -0.4 is 11.1 Å². The van der Waals surface area contributed by atoms with Crippen molar-refractivity contribution in [2.24, 2.45) is 0 Å². The Bertz CT molecular complexity index is 1000. The predicted molar refractivity (Wildman–Crippen MR) is 110 cm³/mol. The van der Waals surface area contributed by atoms with Crippen LogP contribution in [-0.4, -0.2) is 42.8 Å². The Labute approximate surface area is 170 Å². The molecule has 1 aromatic carbocycles. The first-order chi connectivity index (χ1) is 13.9. The number of aryl methyl sites for hydroxylation is 1. The van der Waals surface area contributed by atoms with Gasteiger partial charge in [0.1, 0.15) is 0 Å². The zero-order valence-corrected chi connectivity index (χ0v) is 17.7. The van der Waals surface area contributed by atoms with Crippen LogP contribution in [0.4, 0.5) is 0 Å². The highest BCUT2D eigenvalue weighted by Crippen LogP contribution is 2.24. The van der Waals surface area contributed by atoms with Gasteiger partial charge in [0.15, 0.2) is 5.58 Å². The third-order valence-electron chi connectivity index (χ3n) is 5.26. The van der Waals surface area contributed by atoms with Crippen molar-refractivity contribution in [3.63, 3.8) is 0 Å². The Hall–Kier alpha value is -2.13. The van der Waals surface area contributed by atoms with Crippen molar-refractivity contribution < 1.29 is 17.6 Å². The van der Waals surface area contributed by atoms with Crippen molar-refractivity contribution in [1.82, 2.24) is 14.2 Å². The summed E-state index contributed by atoms with van der Waals surface area (Å²) in [5.74, 6) is -0.706. The molecule has 1 aromatic heterocycles. The molecule has 9 heteroatoms. The van der Waals surface area contributed by atoms with E-state index in [4.69, 9.17) is 4.42 Å². The molecule has 0 bridgehead atoms. The highest BCUT2D eigenvalue weighted by molar-refractivity contribution is 7.89. The van der Waals surface area contributed by atoms with E-state index in [1.165, 1.54) is 21.0 Å². The number of unbranched alkanes of at least 4 members (excludes halogenated alkanes) is 3. The van der Waals surface area contributed by atoms with Gasteiger partial charge in [0, 0.05) is 38.7 Å². The maximum atomic E-state index is 12.7. The smallest absolute Gasteiger partial charge is 0.408 e. The Morgan fingerprint density at radius 1 is 1.17 bits per heavy atom. The van der Waals surface area contributed by atoms with E-state index in [0.717, 1.165) is 38.5 Å². The number of carbonyl (C=O) groups excluding carboxylic acids is 1. The molecule has 0 aliphatic carbocycles. The van der Waals surface area contributed by atoms with Gasteiger partial charge in [-0.15, -0.1) is 0 Å². The molecule has 1 aliphatic heterocycles. The van der Waals surface area contributed by atoms with Crippen molar-refractivity contribution in [1.29, 1.82) is 0 Å². The normalized spacial score (nSPS) is 15.2. The van der Waals surface area contributed by atoms with E-state index in [1.807, 2.05) is 0 Å². The number of aromatic nitrogens is 1. The summed E-state index contributed by atoms with van der Waals surface area (Å²) < 4.78 is 33.5. The first kappa shape index (κ1) is 21.6. The van der Waals surface area contributed by atoms with Crippen LogP contribution in [0.15, 0.2) is 32.3 Å². The molecule has 1 amide bonds. The Balaban J connectivity index is 1.66. The van der Waals surface area contributed by atoms with Crippen LogP contribution in [0.2, 0.25) is 0 Å². The minimum Gasteiger partial charge on any atom is -0.408 e. The van der Waals surface area contributed by atoms with Gasteiger partial charge in [-0.2, -0.15) is 4.31 Å². The van der Waals surface area contributed by atoms with Crippen LogP contribution in [-0.2, 0) is 21.4 Å². The van der Waals surface area contributed by atoms with Gasteiger partial charge in [-0.25, -0.2) is 13.2 Å². The lowest BCUT2D eigenvalue weighted by Crippen LogP contribution is -2.27. The number of rotatable bonds is 10. The maximum absolute atomic E-state index is 12.7. The highest BCUT2D eigenvalue weighted by Gasteiger charge is 2.28. The molecule has 0 saturated carbocycles. The van der Waals surface area contributed by atoms with E-state index in [-0.39, 0.29) is 29.4 Å². The Morgan fingerprint density at radius 2 is 1.93 bits per heavy atom. The molecule has 2 aromatic rings. The van der Waals surface area contributed by atoms with Gasteiger partial charge in [0.05, 0.1) is 10.4 Å². The second-order valence-corrected chi connectivity index (χ2v) is 9.36. The summed E-state index contributed by atoms with van der Waals surface area (Å²) in [5.41, 5.74) is 0.710. The van der Waals surface area contributed by atoms with E-state index in [1.54, 1.807) is 6.07 Å². The molecule has 0 spiro atoms. The molecule has 29 heavy (non-hydrogen) atoms. The molecule has 3 rings (SSSR count). The molecule has 0 unspecified atom stereocenters. The quantitative estimate of drug-likeness (QED) is 0.592. The van der Waals surface area contributed by atoms with Crippen molar-refractivity contribution in [2.75, 3.05) is 19.6 Å². The lowest BCUT2D eigenvalue weighted by atomic mass is 10.2. The lowest BCUT2D eigenvalue weighted by Gasteiger charge is -2.15. The van der Waals surface area contributed by atoms with Gasteiger partial charge < -0.3 is 9.73 Å². The standard InChI is InChI=1S/C20H29N3O5S/c1-2-3-4-5-11-21-19(24)10-14-23-17-9-8-16(15-18(17)28-20(23)25)29(26,27)22-12-6-7-13-22/h8-9,15H,2-7,10-14H2,1H3,(H,21,24). The van der Waals surface area contributed by atoms with Crippen molar-refractivity contribution in [3.8, 4) is 0 Å². The van der Waals surface area contributed by atoms with Gasteiger partial charge >= 0.3 is 5.76 Å². The largest absolute Gasteiger partial charge is 0.419 e. The van der Waals surface area contributed by atoms with Crippen molar-refractivity contribution >= 4 is 27.0 Å². The van der Waals surface area contributed by atoms with Crippen LogP contribution >= 0.6 is 0 Å². The molecule has 1 aliphatic rings. The number of hydrogen-bond donors (Lipinski definition) is 1. The molecule has 0 radical (unpaired) electrons. The molecule has 160 valence electrons. The third kappa shape index (κ3) is 5.08. The molecule has 1 saturated heterocycles. The first-order valence-corrected chi connectivity index (χ1v) is 11.8. The number of carbonyl (C=O) groups is 1. The molecule has 1 N–H and O–H groups in total. The minimum atomic E-state index is -3.58. The average molecular weight is 424 g/mol. The molecule has 1 fully saturated rings. The topological polar surface area (TPSA) is 102 Å². The van der Waals surface area contributed by atoms with E-state index >= 15 is 0 Å². The SMILES string of the molecule is CCCCCCNC(=O)CCn1c(=O)oc2cc(S(=O)(=O)N3CCCC3)ccc21. The summed E-state index contributed by atoms with van der Waals surface area (Å²) in [7, 11) is -3.58. The number of sulfonamides is 1. The molecular weight excluding hydrogens is 394 g/mol. The fraction of sp³-hybridized carbons (Fsp3) is 0.600. The number of hydrogen-bond acceptors (Lipinski definition) is 5. The van der Waals surface area contributed by atoms with Crippen molar-refractivity contribution in [3.05, 3.63) is 28.7 Å². The fourth-order valence-electron chi connectivity index (χ4n) is 3.58. The summed E-state index contributed by atoms with van der Waals surface area (Å²) in [5, 5.41) is 2.86. The second kappa shape index (κ2) is 9.58. The summed E-state index contributed by atoms with van der Waals surface area (Å²) >= 11 is 0. The maximum Gasteiger partial charge on any atom is 0.419 e. The number of nitrogens with zero attached hydrogens (tertiary/aromatic N) is 2. The molecular formula is C20H29N3O5S. The summed E-state index contributed by atoms with van der Waals surface area (Å²) in [4.78, 5) is 24.3. The van der Waals surface area contributed by atoms with Gasteiger partial charge in [-0.3, -0.25) is 9.36 Å². The summed E-state index contributed by atoms with van der Waals surface area (Å²) in [6.45, 7) is 3.98. The highest BCUT2D eigenvalue weighted by atomic mass is 32.2. The number of fused-ring (bicyclic) bond motifs is 1. The van der Waals surface area contributed by atoms with E-state index in [2.05, 4.69) is 12.2 Å². The average Bonchev–Trinajstić information content (AvgIpc) is 3.34. The summed E-state index contributed by atoms with van der Waals surface area (Å²) in [6.07, 6.45) is 6.21. The lowest BCUT2D eigenvalue weighted by molar-refractivity contribution is -0.121. The monoisotopic (exact) mass is 423 g/mol. The Morgan fingerprint density at radius 3 is 2.66 bits per heavy atom. The van der Waals surface area contributed by atoms with Crippen molar-refractivity contribution in [2.45, 2.75) is 63.3 Å². The predicted octanol–water partition coefficient (Wildman–Crippen LogP) is 2.47. The first-order valence-electron chi connectivity index (χ1n) is 10.3. The number of amides is 1. The van der Waals surface area contributed by atoms with Gasteiger partial charge in [-0.05, 0) is 31.4 Å². The van der Waals surface area contributed by atoms with E-state index in [9.17, 15) is 18.0 Å². The second-order valence-electron chi connectivity index (χ2n) is 7.42. The van der Waals surface area contributed by atoms with Crippen LogP contribution in [0.5, 0.6) is 0 Å². The van der Waals surface area contributed by atoms with Crippen LogP contribution in [0.1, 0.15) is 51.9 Å². The summed E-state index contributed by atoms with van der Waals surface area (Å²) in [6, 6.07) is 4.47. The van der Waals surface area contributed by atoms with Crippen LogP contribution in [0.3, 0.4) is 0 Å².